The number of aliphatic hydroxyl groups is 3. The summed E-state index contributed by atoms with van der Waals surface area (Å²) in [6.07, 6.45) is -3.08. The van der Waals surface area contributed by atoms with E-state index in [1.54, 1.807) is 4.90 Å². The van der Waals surface area contributed by atoms with Crippen molar-refractivity contribution >= 4 is 11.8 Å². The Labute approximate surface area is 193 Å². The van der Waals surface area contributed by atoms with E-state index >= 15 is 0 Å². The lowest BCUT2D eigenvalue weighted by molar-refractivity contribution is -0.134. The van der Waals surface area contributed by atoms with E-state index < -0.39 is 36.1 Å². The van der Waals surface area contributed by atoms with Gasteiger partial charge in [0.2, 0.25) is 5.91 Å². The zero-order valence-corrected chi connectivity index (χ0v) is 19.3. The summed E-state index contributed by atoms with van der Waals surface area (Å²) >= 11 is 0. The van der Waals surface area contributed by atoms with Crippen molar-refractivity contribution in [2.24, 2.45) is 11.7 Å². The monoisotopic (exact) mass is 469 g/mol. The molecule has 0 saturated carbocycles. The molecule has 2 rings (SSSR count). The number of benzene rings is 1. The van der Waals surface area contributed by atoms with Crippen LogP contribution in [0.3, 0.4) is 0 Å². The standard InChI is InChI=1S/C23H36FN3O6/c1-15(2)20(25)23(32)26-9-3-4-12-33-14-19(29)21(30)18(28)13-27(11-10-26)22(31)16-5-7-17(24)8-6-16/h5-8,15,18-21,28-30H,3-4,9-14,25H2,1-2H3/t18-,19+,20+,21+/m0/s1. The van der Waals surface area contributed by atoms with Gasteiger partial charge in [-0.25, -0.2) is 4.39 Å². The number of β-amino-alcohol motifs (C(OH)–C–C–N with tert-alkyl or cyclic N) is 1. The topological polar surface area (TPSA) is 137 Å². The van der Waals surface area contributed by atoms with Crippen molar-refractivity contribution in [3.8, 4) is 0 Å². The van der Waals surface area contributed by atoms with Gasteiger partial charge in [-0.3, -0.25) is 9.59 Å². The van der Waals surface area contributed by atoms with Crippen LogP contribution >= 0.6 is 0 Å². The number of halogens is 1. The summed E-state index contributed by atoms with van der Waals surface area (Å²) in [4.78, 5) is 28.9. The summed E-state index contributed by atoms with van der Waals surface area (Å²) in [5.41, 5.74) is 6.27. The first-order chi connectivity index (χ1) is 15.6. The van der Waals surface area contributed by atoms with E-state index in [2.05, 4.69) is 0 Å². The van der Waals surface area contributed by atoms with Crippen LogP contribution in [0.25, 0.3) is 0 Å². The molecule has 1 heterocycles. The predicted molar refractivity (Wildman–Crippen MR) is 120 cm³/mol. The number of carbonyl (C=O) groups is 2. The zero-order valence-electron chi connectivity index (χ0n) is 19.3. The first kappa shape index (κ1) is 27.1. The molecule has 1 aliphatic heterocycles. The predicted octanol–water partition coefficient (Wildman–Crippen LogP) is -0.0271. The van der Waals surface area contributed by atoms with Crippen molar-refractivity contribution < 1.29 is 34.0 Å². The van der Waals surface area contributed by atoms with Crippen LogP contribution in [0.4, 0.5) is 4.39 Å². The Balaban J connectivity index is 2.27. The second kappa shape index (κ2) is 13.0. The highest BCUT2D eigenvalue weighted by molar-refractivity contribution is 5.94. The molecule has 0 aromatic heterocycles. The average molecular weight is 470 g/mol. The van der Waals surface area contributed by atoms with Crippen LogP contribution in [0.2, 0.25) is 0 Å². The lowest BCUT2D eigenvalue weighted by atomic mass is 10.0. The van der Waals surface area contributed by atoms with Gasteiger partial charge in [0.05, 0.1) is 12.6 Å². The van der Waals surface area contributed by atoms with E-state index in [9.17, 15) is 29.3 Å². The fourth-order valence-electron chi connectivity index (χ4n) is 3.52. The Kier molecular flexibility index (Phi) is 10.6. The molecule has 10 heteroatoms. The molecule has 186 valence electrons. The lowest BCUT2D eigenvalue weighted by Gasteiger charge is -2.33. The molecular weight excluding hydrogens is 433 g/mol. The van der Waals surface area contributed by atoms with Gasteiger partial charge in [-0.1, -0.05) is 13.8 Å². The summed E-state index contributed by atoms with van der Waals surface area (Å²) in [5, 5.41) is 30.9. The van der Waals surface area contributed by atoms with E-state index in [0.717, 1.165) is 12.1 Å². The molecule has 0 unspecified atom stereocenters. The summed E-state index contributed by atoms with van der Waals surface area (Å²) in [7, 11) is 0. The minimum absolute atomic E-state index is 0.0587. The number of rotatable bonds is 3. The lowest BCUT2D eigenvalue weighted by Crippen LogP contribution is -2.52. The van der Waals surface area contributed by atoms with Gasteiger partial charge in [-0.2, -0.15) is 0 Å². The van der Waals surface area contributed by atoms with Crippen LogP contribution in [-0.4, -0.2) is 101 Å². The molecule has 0 bridgehead atoms. The first-order valence-electron chi connectivity index (χ1n) is 11.3. The van der Waals surface area contributed by atoms with Crippen molar-refractivity contribution in [2.75, 3.05) is 39.4 Å². The molecule has 0 aliphatic carbocycles. The molecule has 1 aromatic carbocycles. The molecule has 33 heavy (non-hydrogen) atoms. The van der Waals surface area contributed by atoms with Crippen molar-refractivity contribution in [3.05, 3.63) is 35.6 Å². The minimum atomic E-state index is -1.54. The fraction of sp³-hybridized carbons (Fsp3) is 0.652. The zero-order chi connectivity index (χ0) is 24.5. The highest BCUT2D eigenvalue weighted by Gasteiger charge is 2.30. The van der Waals surface area contributed by atoms with E-state index in [-0.39, 0.29) is 43.6 Å². The summed E-state index contributed by atoms with van der Waals surface area (Å²) < 4.78 is 18.7. The Morgan fingerprint density at radius 2 is 1.67 bits per heavy atom. The van der Waals surface area contributed by atoms with Gasteiger partial charge >= 0.3 is 0 Å². The van der Waals surface area contributed by atoms with Crippen molar-refractivity contribution in [3.63, 3.8) is 0 Å². The molecule has 1 aliphatic rings. The SMILES string of the molecule is CC(C)[C@@H](N)C(=O)N1CCCCOC[C@@H](O)[C@H](O)[C@@H](O)CN(C(=O)c2ccc(F)cc2)CC1. The van der Waals surface area contributed by atoms with E-state index in [4.69, 9.17) is 10.5 Å². The third-order valence-electron chi connectivity index (χ3n) is 5.78. The Bertz CT molecular complexity index is 763. The number of nitrogens with two attached hydrogens (primary N) is 1. The van der Waals surface area contributed by atoms with E-state index in [1.807, 2.05) is 13.8 Å². The number of amides is 2. The third kappa shape index (κ3) is 8.01. The molecule has 9 nitrogen and oxygen atoms in total. The van der Waals surface area contributed by atoms with Crippen LogP contribution in [0.1, 0.15) is 37.0 Å². The van der Waals surface area contributed by atoms with Gasteiger partial charge in [0, 0.05) is 38.3 Å². The third-order valence-corrected chi connectivity index (χ3v) is 5.78. The molecule has 1 fully saturated rings. The highest BCUT2D eigenvalue weighted by Crippen LogP contribution is 2.13. The van der Waals surface area contributed by atoms with Crippen molar-refractivity contribution in [2.45, 2.75) is 51.0 Å². The number of carbonyl (C=O) groups excluding carboxylic acids is 2. The quantitative estimate of drug-likeness (QED) is 0.488. The van der Waals surface area contributed by atoms with Crippen LogP contribution in [-0.2, 0) is 9.53 Å². The number of aliphatic hydroxyl groups excluding tert-OH is 3. The van der Waals surface area contributed by atoms with Gasteiger partial charge in [-0.05, 0) is 43.0 Å². The number of nitrogens with zero attached hydrogens (tertiary/aromatic N) is 2. The van der Waals surface area contributed by atoms with Gasteiger partial charge in [-0.15, -0.1) is 0 Å². The smallest absolute Gasteiger partial charge is 0.254 e. The normalized spacial score (nSPS) is 24.9. The largest absolute Gasteiger partial charge is 0.388 e. The van der Waals surface area contributed by atoms with Crippen LogP contribution in [0.15, 0.2) is 24.3 Å². The van der Waals surface area contributed by atoms with Crippen LogP contribution in [0.5, 0.6) is 0 Å². The van der Waals surface area contributed by atoms with E-state index in [1.165, 1.54) is 17.0 Å². The summed E-state index contributed by atoms with van der Waals surface area (Å²) in [6, 6.07) is 4.27. The molecule has 0 spiro atoms. The minimum Gasteiger partial charge on any atom is -0.388 e. The molecule has 1 saturated heterocycles. The van der Waals surface area contributed by atoms with Gasteiger partial charge in [0.25, 0.3) is 5.91 Å². The Morgan fingerprint density at radius 1 is 1.03 bits per heavy atom. The van der Waals surface area contributed by atoms with Crippen LogP contribution < -0.4 is 5.73 Å². The van der Waals surface area contributed by atoms with E-state index in [0.29, 0.717) is 26.0 Å². The number of ether oxygens (including phenoxy) is 1. The number of hydrogen-bond donors (Lipinski definition) is 4. The van der Waals surface area contributed by atoms with Crippen molar-refractivity contribution in [1.82, 2.24) is 9.80 Å². The average Bonchev–Trinajstić information content (AvgIpc) is 2.79. The van der Waals surface area contributed by atoms with Gasteiger partial charge in [0.15, 0.2) is 0 Å². The molecule has 4 atom stereocenters. The van der Waals surface area contributed by atoms with Crippen LogP contribution in [0, 0.1) is 11.7 Å². The molecule has 0 radical (unpaired) electrons. The molecule has 2 amide bonds. The summed E-state index contributed by atoms with van der Waals surface area (Å²) in [5.74, 6) is -1.29. The maximum Gasteiger partial charge on any atom is 0.254 e. The second-order valence-electron chi connectivity index (χ2n) is 8.76. The Hall–Kier alpha value is -2.11. The Morgan fingerprint density at radius 3 is 2.30 bits per heavy atom. The fourth-order valence-corrected chi connectivity index (χ4v) is 3.52. The highest BCUT2D eigenvalue weighted by atomic mass is 19.1. The second-order valence-corrected chi connectivity index (χ2v) is 8.76. The maximum atomic E-state index is 13.3. The van der Waals surface area contributed by atoms with Gasteiger partial charge in [0.1, 0.15) is 24.1 Å². The van der Waals surface area contributed by atoms with Gasteiger partial charge < -0.3 is 35.6 Å². The molecular formula is C23H36FN3O6. The molecule has 1 aromatic rings. The summed E-state index contributed by atoms with van der Waals surface area (Å²) in [6.45, 7) is 4.20. The first-order valence-corrected chi connectivity index (χ1v) is 11.3. The molecule has 5 N–H and O–H groups in total. The maximum absolute atomic E-state index is 13.3. The van der Waals surface area contributed by atoms with Crippen molar-refractivity contribution in [1.29, 1.82) is 0 Å². The number of hydrogen-bond acceptors (Lipinski definition) is 7.